The van der Waals surface area contributed by atoms with E-state index in [-0.39, 0.29) is 22.5 Å². The van der Waals surface area contributed by atoms with Crippen LogP contribution in [0.15, 0.2) is 18.2 Å². The molecule has 1 amide bonds. The minimum atomic E-state index is -0.559. The van der Waals surface area contributed by atoms with Gasteiger partial charge >= 0.3 is 0 Å². The van der Waals surface area contributed by atoms with E-state index in [0.29, 0.717) is 6.42 Å². The molecule has 3 rings (SSSR count). The van der Waals surface area contributed by atoms with Crippen molar-refractivity contribution < 1.29 is 9.59 Å². The number of benzene rings is 1. The molecule has 0 heterocycles. The maximum atomic E-state index is 13.1. The highest BCUT2D eigenvalue weighted by atomic mass is 16.2. The van der Waals surface area contributed by atoms with E-state index >= 15 is 0 Å². The van der Waals surface area contributed by atoms with Crippen molar-refractivity contribution in [1.29, 1.82) is 0 Å². The van der Waals surface area contributed by atoms with Gasteiger partial charge in [0.1, 0.15) is 5.78 Å². The molecule has 3 nitrogen and oxygen atoms in total. The highest BCUT2D eigenvalue weighted by Crippen LogP contribution is 2.70. The van der Waals surface area contributed by atoms with Gasteiger partial charge in [0.25, 0.3) is 0 Å². The van der Waals surface area contributed by atoms with E-state index in [1.807, 2.05) is 32.9 Å². The Morgan fingerprint density at radius 2 is 1.82 bits per heavy atom. The van der Waals surface area contributed by atoms with Crippen LogP contribution in [0.1, 0.15) is 51.2 Å². The number of carbonyl (C=O) groups excluding carboxylic acids is 2. The molecule has 1 aromatic carbocycles. The molecule has 0 aromatic heterocycles. The molecule has 22 heavy (non-hydrogen) atoms. The number of anilines is 1. The normalized spacial score (nSPS) is 32.3. The number of hydrogen-bond donors (Lipinski definition) is 1. The van der Waals surface area contributed by atoms with Crippen molar-refractivity contribution in [3.05, 3.63) is 29.3 Å². The highest BCUT2D eigenvalue weighted by molar-refractivity contribution is 6.04. The summed E-state index contributed by atoms with van der Waals surface area (Å²) in [6.07, 6.45) is 2.01. The predicted octanol–water partition coefficient (Wildman–Crippen LogP) is 4.03. The van der Waals surface area contributed by atoms with Crippen LogP contribution in [0.25, 0.3) is 0 Å². The van der Waals surface area contributed by atoms with Gasteiger partial charge in [0.05, 0.1) is 5.41 Å². The fourth-order valence-electron chi connectivity index (χ4n) is 4.56. The third-order valence-electron chi connectivity index (χ3n) is 6.77. The summed E-state index contributed by atoms with van der Waals surface area (Å²) in [6.45, 7) is 10.3. The van der Waals surface area contributed by atoms with Crippen LogP contribution in [0.3, 0.4) is 0 Å². The van der Waals surface area contributed by atoms with E-state index in [1.165, 1.54) is 5.56 Å². The molecule has 2 saturated carbocycles. The highest BCUT2D eigenvalue weighted by Gasteiger charge is 2.72. The summed E-state index contributed by atoms with van der Waals surface area (Å²) in [4.78, 5) is 25.5. The zero-order chi connectivity index (χ0) is 16.3. The van der Waals surface area contributed by atoms with Gasteiger partial charge in [0.2, 0.25) is 5.91 Å². The molecule has 0 unspecified atom stereocenters. The molecule has 0 spiro atoms. The lowest BCUT2D eigenvalue weighted by Gasteiger charge is -2.38. The minimum absolute atomic E-state index is 0.0130. The van der Waals surface area contributed by atoms with Crippen LogP contribution < -0.4 is 5.32 Å². The first kappa shape index (κ1) is 15.3. The van der Waals surface area contributed by atoms with Gasteiger partial charge in [-0.2, -0.15) is 0 Å². The van der Waals surface area contributed by atoms with Crippen LogP contribution in [0.4, 0.5) is 5.69 Å². The predicted molar refractivity (Wildman–Crippen MR) is 87.7 cm³/mol. The second-order valence-corrected chi connectivity index (χ2v) is 7.91. The second-order valence-electron chi connectivity index (χ2n) is 7.91. The summed E-state index contributed by atoms with van der Waals surface area (Å²) >= 11 is 0. The SMILES string of the molecule is Cc1ccc(NC(=O)[C@]23CC[C@](C)(C(=O)C2)C3(C)C)c(C)c1. The molecule has 2 bridgehead atoms. The number of carbonyl (C=O) groups is 2. The Bertz CT molecular complexity index is 676. The third-order valence-corrected chi connectivity index (χ3v) is 6.77. The fraction of sp³-hybridized carbons (Fsp3) is 0.579. The molecule has 118 valence electrons. The van der Waals surface area contributed by atoms with Gasteiger partial charge in [0, 0.05) is 17.5 Å². The number of Topliss-reactive ketones (excluding diaryl/α,β-unsaturated/α-hetero) is 1. The van der Waals surface area contributed by atoms with Crippen molar-refractivity contribution in [2.45, 2.75) is 53.9 Å². The van der Waals surface area contributed by atoms with Crippen LogP contribution in [0.5, 0.6) is 0 Å². The van der Waals surface area contributed by atoms with Crippen molar-refractivity contribution in [2.75, 3.05) is 5.32 Å². The Kier molecular flexibility index (Phi) is 3.08. The molecule has 0 radical (unpaired) electrons. The van der Waals surface area contributed by atoms with Crippen LogP contribution in [-0.4, -0.2) is 11.7 Å². The maximum absolute atomic E-state index is 13.1. The van der Waals surface area contributed by atoms with Crippen molar-refractivity contribution in [1.82, 2.24) is 0 Å². The van der Waals surface area contributed by atoms with Crippen LogP contribution in [0.2, 0.25) is 0 Å². The lowest BCUT2D eigenvalue weighted by molar-refractivity contribution is -0.131. The summed E-state index contributed by atoms with van der Waals surface area (Å²) in [5.74, 6) is 0.263. The van der Waals surface area contributed by atoms with Gasteiger partial charge < -0.3 is 5.32 Å². The van der Waals surface area contributed by atoms with Crippen molar-refractivity contribution in [2.24, 2.45) is 16.2 Å². The smallest absolute Gasteiger partial charge is 0.231 e. The summed E-state index contributed by atoms with van der Waals surface area (Å²) in [5, 5.41) is 3.10. The van der Waals surface area contributed by atoms with E-state index in [4.69, 9.17) is 0 Å². The first-order valence-corrected chi connectivity index (χ1v) is 8.06. The third kappa shape index (κ3) is 1.68. The summed E-state index contributed by atoms with van der Waals surface area (Å²) in [5.41, 5.74) is 1.89. The van der Waals surface area contributed by atoms with E-state index < -0.39 is 5.41 Å². The molecular formula is C19H25NO2. The molecule has 2 aliphatic carbocycles. The summed E-state index contributed by atoms with van der Waals surface area (Å²) in [6, 6.07) is 6.03. The number of amides is 1. The Morgan fingerprint density at radius 1 is 1.14 bits per heavy atom. The number of fused-ring (bicyclic) bond motifs is 2. The average molecular weight is 299 g/mol. The van der Waals surface area contributed by atoms with E-state index in [0.717, 1.165) is 24.1 Å². The topological polar surface area (TPSA) is 46.2 Å². The molecule has 3 heteroatoms. The standard InChI is InChI=1S/C19H25NO2/c1-12-6-7-14(13(2)10-12)20-16(22)19-9-8-18(5,15(21)11-19)17(19,3)4/h6-7,10H,8-9,11H2,1-5H3,(H,20,22)/t18-,19+/m1/s1. The Hall–Kier alpha value is -1.64. The quantitative estimate of drug-likeness (QED) is 0.896. The molecule has 0 aliphatic heterocycles. The van der Waals surface area contributed by atoms with Gasteiger partial charge in [-0.15, -0.1) is 0 Å². The van der Waals surface area contributed by atoms with E-state index in [1.54, 1.807) is 0 Å². The van der Waals surface area contributed by atoms with Crippen molar-refractivity contribution in [3.8, 4) is 0 Å². The first-order chi connectivity index (χ1) is 10.1. The monoisotopic (exact) mass is 299 g/mol. The summed E-state index contributed by atoms with van der Waals surface area (Å²) in [7, 11) is 0. The van der Waals surface area contributed by atoms with Gasteiger partial charge in [0.15, 0.2) is 0 Å². The number of nitrogens with one attached hydrogen (secondary N) is 1. The van der Waals surface area contributed by atoms with Crippen LogP contribution >= 0.6 is 0 Å². The zero-order valence-corrected chi connectivity index (χ0v) is 14.2. The van der Waals surface area contributed by atoms with E-state index in [2.05, 4.69) is 25.2 Å². The first-order valence-electron chi connectivity index (χ1n) is 8.06. The Balaban J connectivity index is 1.94. The van der Waals surface area contributed by atoms with Gasteiger partial charge in [-0.25, -0.2) is 0 Å². The lowest BCUT2D eigenvalue weighted by atomic mass is 9.64. The van der Waals surface area contributed by atoms with E-state index in [9.17, 15) is 9.59 Å². The minimum Gasteiger partial charge on any atom is -0.325 e. The zero-order valence-electron chi connectivity index (χ0n) is 14.2. The number of aryl methyl sites for hydroxylation is 2. The molecule has 1 aromatic rings. The van der Waals surface area contributed by atoms with Gasteiger partial charge in [-0.05, 0) is 43.7 Å². The Labute approximate surface area is 132 Å². The molecule has 2 aliphatic rings. The molecule has 0 saturated heterocycles. The van der Waals surface area contributed by atoms with Gasteiger partial charge in [-0.1, -0.05) is 38.5 Å². The van der Waals surface area contributed by atoms with Crippen molar-refractivity contribution >= 4 is 17.4 Å². The fourth-order valence-corrected chi connectivity index (χ4v) is 4.56. The molecule has 2 fully saturated rings. The van der Waals surface area contributed by atoms with Crippen LogP contribution in [0, 0.1) is 30.1 Å². The molecular weight excluding hydrogens is 274 g/mol. The average Bonchev–Trinajstić information content (AvgIpc) is 2.72. The summed E-state index contributed by atoms with van der Waals surface area (Å²) < 4.78 is 0. The maximum Gasteiger partial charge on any atom is 0.231 e. The molecule has 1 N–H and O–H groups in total. The second kappa shape index (κ2) is 4.43. The van der Waals surface area contributed by atoms with Crippen LogP contribution in [-0.2, 0) is 9.59 Å². The largest absolute Gasteiger partial charge is 0.325 e. The van der Waals surface area contributed by atoms with Crippen molar-refractivity contribution in [3.63, 3.8) is 0 Å². The lowest BCUT2D eigenvalue weighted by Crippen LogP contribution is -2.43. The number of ketones is 1. The molecule has 2 atom stereocenters. The number of rotatable bonds is 2. The number of hydrogen-bond acceptors (Lipinski definition) is 2. The Morgan fingerprint density at radius 3 is 2.32 bits per heavy atom. The van der Waals surface area contributed by atoms with Gasteiger partial charge in [-0.3, -0.25) is 9.59 Å².